The Morgan fingerprint density at radius 3 is 2.49 bits per heavy atom. The third kappa shape index (κ3) is 5.70. The molecule has 10 heteroatoms. The van der Waals surface area contributed by atoms with Gasteiger partial charge in [-0.3, -0.25) is 9.69 Å². The molecule has 0 spiro atoms. The Kier molecular flexibility index (Phi) is 7.23. The highest BCUT2D eigenvalue weighted by atomic mass is 35.5. The third-order valence-corrected chi connectivity index (χ3v) is 6.97. The molecule has 0 aliphatic carbocycles. The number of pyridine rings is 1. The van der Waals surface area contributed by atoms with Gasteiger partial charge in [0.05, 0.1) is 11.9 Å². The molecule has 0 radical (unpaired) electrons. The van der Waals surface area contributed by atoms with Gasteiger partial charge in [0.2, 0.25) is 0 Å². The Morgan fingerprint density at radius 1 is 1.08 bits per heavy atom. The van der Waals surface area contributed by atoms with Crippen LogP contribution in [-0.4, -0.2) is 51.1 Å². The van der Waals surface area contributed by atoms with E-state index in [1.54, 1.807) is 42.6 Å². The highest BCUT2D eigenvalue weighted by Gasteiger charge is 2.59. The molecule has 6 nitrogen and oxygen atoms in total. The number of alkyl halides is 3. The summed E-state index contributed by atoms with van der Waals surface area (Å²) < 4.78 is 45.2. The molecule has 2 N–H and O–H groups in total. The molecule has 3 heterocycles. The number of β-amino-alcohol motifs (C(OH)–C–C–N with tert-alkyl or cyclic N) is 1. The van der Waals surface area contributed by atoms with E-state index in [1.807, 2.05) is 18.2 Å². The van der Waals surface area contributed by atoms with Crippen molar-refractivity contribution in [3.63, 3.8) is 0 Å². The van der Waals surface area contributed by atoms with Gasteiger partial charge >= 0.3 is 6.18 Å². The van der Waals surface area contributed by atoms with Crippen molar-refractivity contribution in [2.45, 2.75) is 30.8 Å². The lowest BCUT2D eigenvalue weighted by molar-refractivity contribution is -0.303. The fourth-order valence-electron chi connectivity index (χ4n) is 4.46. The first-order valence-corrected chi connectivity index (χ1v) is 12.4. The number of nitrogens with zero attached hydrogens (tertiary/aromatic N) is 2. The fraction of sp³-hybridized carbons (Fsp3) is 0.241. The van der Waals surface area contributed by atoms with E-state index in [9.17, 15) is 28.2 Å². The minimum Gasteiger partial charge on any atom is -0.459 e. The van der Waals surface area contributed by atoms with Gasteiger partial charge in [0.15, 0.2) is 11.0 Å². The number of halogens is 4. The standard InChI is InChI=1S/C29H22ClF3N2O4/c30-21-6-3-19(4-7-21)20-5-9-22(34-15-20)8-1-18-2-10-26-24(13-18)25(36)14-23(39-26)16-35-12-11-28(38,27(37)17-35)29(31,32)33/h2-7,9-10,13-15,27,37-38H,11-12,16-17H2/t27-,28+/m0/s1. The molecule has 2 aromatic heterocycles. The Labute approximate surface area is 226 Å². The lowest BCUT2D eigenvalue weighted by atomic mass is 9.88. The zero-order chi connectivity index (χ0) is 27.8. The van der Waals surface area contributed by atoms with Crippen molar-refractivity contribution in [3.8, 4) is 23.0 Å². The molecule has 1 saturated heterocycles. The first-order chi connectivity index (χ1) is 18.5. The summed E-state index contributed by atoms with van der Waals surface area (Å²) in [4.78, 5) is 18.7. The highest BCUT2D eigenvalue weighted by Crippen LogP contribution is 2.38. The summed E-state index contributed by atoms with van der Waals surface area (Å²) in [5.74, 6) is 6.20. The first-order valence-electron chi connectivity index (χ1n) is 12.0. The Bertz CT molecular complexity index is 1630. The number of aromatic nitrogens is 1. The number of aliphatic hydroxyl groups is 2. The van der Waals surface area contributed by atoms with E-state index in [2.05, 4.69) is 16.8 Å². The van der Waals surface area contributed by atoms with Crippen molar-refractivity contribution in [2.24, 2.45) is 0 Å². The molecule has 4 aromatic rings. The number of hydrogen-bond donors (Lipinski definition) is 2. The van der Waals surface area contributed by atoms with Gasteiger partial charge in [-0.2, -0.15) is 13.2 Å². The number of fused-ring (bicyclic) bond motifs is 1. The molecule has 1 fully saturated rings. The molecule has 2 aromatic carbocycles. The SMILES string of the molecule is O=c1cc(CN2CC[C@](O)(C(F)(F)F)[C@@H](O)C2)oc2ccc(C#Cc3ccc(-c4ccc(Cl)cc4)cn3)cc12. The predicted octanol–water partition coefficient (Wildman–Crippen LogP) is 4.77. The Hall–Kier alpha value is -3.68. The van der Waals surface area contributed by atoms with Gasteiger partial charge in [-0.1, -0.05) is 35.7 Å². The van der Waals surface area contributed by atoms with Crippen molar-refractivity contribution in [2.75, 3.05) is 13.1 Å². The summed E-state index contributed by atoms with van der Waals surface area (Å²) in [6.07, 6.45) is -5.92. The van der Waals surface area contributed by atoms with Crippen LogP contribution < -0.4 is 5.43 Å². The number of benzene rings is 2. The topological polar surface area (TPSA) is 86.8 Å². The molecule has 0 saturated carbocycles. The molecule has 200 valence electrons. The van der Waals surface area contributed by atoms with E-state index >= 15 is 0 Å². The van der Waals surface area contributed by atoms with Crippen LogP contribution in [0.25, 0.3) is 22.1 Å². The van der Waals surface area contributed by atoms with Gasteiger partial charge < -0.3 is 14.6 Å². The van der Waals surface area contributed by atoms with Crippen molar-refractivity contribution < 1.29 is 27.8 Å². The van der Waals surface area contributed by atoms with Gasteiger partial charge in [0.1, 0.15) is 23.1 Å². The summed E-state index contributed by atoms with van der Waals surface area (Å²) in [5.41, 5.74) is -0.146. The molecule has 1 aliphatic heterocycles. The number of likely N-dealkylation sites (tertiary alicyclic amines) is 1. The van der Waals surface area contributed by atoms with E-state index < -0.39 is 30.8 Å². The highest BCUT2D eigenvalue weighted by molar-refractivity contribution is 6.30. The van der Waals surface area contributed by atoms with Gasteiger partial charge in [-0.25, -0.2) is 4.98 Å². The summed E-state index contributed by atoms with van der Waals surface area (Å²) in [6, 6.07) is 17.3. The van der Waals surface area contributed by atoms with Crippen LogP contribution in [0.1, 0.15) is 23.4 Å². The zero-order valence-electron chi connectivity index (χ0n) is 20.4. The number of aliphatic hydroxyl groups excluding tert-OH is 1. The van der Waals surface area contributed by atoms with Crippen LogP contribution in [0.2, 0.25) is 5.02 Å². The molecule has 0 amide bonds. The van der Waals surface area contributed by atoms with Crippen molar-refractivity contribution in [3.05, 3.63) is 99.1 Å². The molecule has 0 unspecified atom stereocenters. The molecular weight excluding hydrogens is 533 g/mol. The summed E-state index contributed by atoms with van der Waals surface area (Å²) >= 11 is 5.93. The van der Waals surface area contributed by atoms with Gasteiger partial charge in [0, 0.05) is 47.9 Å². The lowest BCUT2D eigenvalue weighted by Crippen LogP contribution is -2.62. The largest absolute Gasteiger partial charge is 0.459 e. The second-order valence-electron chi connectivity index (χ2n) is 9.40. The second-order valence-corrected chi connectivity index (χ2v) is 9.84. The van der Waals surface area contributed by atoms with Crippen LogP contribution >= 0.6 is 11.6 Å². The Balaban J connectivity index is 1.29. The molecule has 0 bridgehead atoms. The quantitative estimate of drug-likeness (QED) is 0.355. The smallest absolute Gasteiger partial charge is 0.419 e. The average molecular weight is 555 g/mol. The van der Waals surface area contributed by atoms with E-state index in [1.165, 1.54) is 11.0 Å². The maximum atomic E-state index is 13.1. The monoisotopic (exact) mass is 554 g/mol. The van der Waals surface area contributed by atoms with Gasteiger partial charge in [-0.15, -0.1) is 0 Å². The summed E-state index contributed by atoms with van der Waals surface area (Å²) in [5, 5.41) is 20.8. The van der Waals surface area contributed by atoms with Crippen LogP contribution in [0, 0.1) is 11.8 Å². The number of piperidine rings is 1. The number of hydrogen-bond acceptors (Lipinski definition) is 6. The van der Waals surface area contributed by atoms with Crippen molar-refractivity contribution in [1.29, 1.82) is 0 Å². The maximum absolute atomic E-state index is 13.1. The van der Waals surface area contributed by atoms with Crippen LogP contribution in [-0.2, 0) is 6.54 Å². The Morgan fingerprint density at radius 2 is 1.82 bits per heavy atom. The predicted molar refractivity (Wildman–Crippen MR) is 140 cm³/mol. The molecule has 2 atom stereocenters. The summed E-state index contributed by atoms with van der Waals surface area (Å²) in [7, 11) is 0. The molecule has 1 aliphatic rings. The van der Waals surface area contributed by atoms with Crippen LogP contribution in [0.4, 0.5) is 13.2 Å². The van der Waals surface area contributed by atoms with Crippen LogP contribution in [0.15, 0.2) is 76.1 Å². The number of rotatable bonds is 3. The van der Waals surface area contributed by atoms with E-state index in [0.717, 1.165) is 11.1 Å². The third-order valence-electron chi connectivity index (χ3n) is 6.72. The van der Waals surface area contributed by atoms with Gasteiger partial charge in [-0.05, 0) is 47.9 Å². The maximum Gasteiger partial charge on any atom is 0.419 e. The van der Waals surface area contributed by atoms with Gasteiger partial charge in [0.25, 0.3) is 0 Å². The molecule has 5 rings (SSSR count). The second kappa shape index (κ2) is 10.5. The van der Waals surface area contributed by atoms with E-state index in [4.69, 9.17) is 16.0 Å². The normalized spacial score (nSPS) is 20.0. The van der Waals surface area contributed by atoms with Crippen LogP contribution in [0.5, 0.6) is 0 Å². The molecular formula is C29H22ClF3N2O4. The average Bonchev–Trinajstić information content (AvgIpc) is 2.90. The van der Waals surface area contributed by atoms with E-state index in [0.29, 0.717) is 27.2 Å². The lowest BCUT2D eigenvalue weighted by Gasteiger charge is -2.42. The fourth-order valence-corrected chi connectivity index (χ4v) is 4.58. The molecule has 39 heavy (non-hydrogen) atoms. The van der Waals surface area contributed by atoms with E-state index in [-0.39, 0.29) is 24.3 Å². The summed E-state index contributed by atoms with van der Waals surface area (Å²) in [6.45, 7) is -0.533. The minimum absolute atomic E-state index is 0.00934. The van der Waals surface area contributed by atoms with Crippen molar-refractivity contribution in [1.82, 2.24) is 9.88 Å². The van der Waals surface area contributed by atoms with Crippen LogP contribution in [0.3, 0.4) is 0 Å². The minimum atomic E-state index is -4.94. The van der Waals surface area contributed by atoms with Crippen molar-refractivity contribution >= 4 is 22.6 Å². The zero-order valence-corrected chi connectivity index (χ0v) is 21.1. The first kappa shape index (κ1) is 26.9.